The second-order valence-corrected chi connectivity index (χ2v) is 8.37. The van der Waals surface area contributed by atoms with E-state index in [1.54, 1.807) is 13.1 Å². The molecule has 0 bridgehead atoms. The van der Waals surface area contributed by atoms with Crippen molar-refractivity contribution in [3.63, 3.8) is 0 Å². The van der Waals surface area contributed by atoms with Crippen LogP contribution in [0.2, 0.25) is 0 Å². The fourth-order valence-corrected chi connectivity index (χ4v) is 3.87. The number of nitrogens with one attached hydrogen (secondary N) is 1. The van der Waals surface area contributed by atoms with E-state index in [1.165, 1.54) is 5.56 Å². The van der Waals surface area contributed by atoms with Crippen LogP contribution >= 0.6 is 0 Å². The Morgan fingerprint density at radius 3 is 2.23 bits per heavy atom. The first kappa shape index (κ1) is 25.7. The van der Waals surface area contributed by atoms with E-state index in [0.29, 0.717) is 12.8 Å². The molecule has 1 unspecified atom stereocenters. The van der Waals surface area contributed by atoms with Gasteiger partial charge in [0.1, 0.15) is 6.04 Å². The summed E-state index contributed by atoms with van der Waals surface area (Å²) < 4.78 is 5.21. The smallest absolute Gasteiger partial charge is 0.328 e. The number of ether oxygens (including phenoxy) is 1. The Bertz CT molecular complexity index is 1090. The van der Waals surface area contributed by atoms with E-state index in [9.17, 15) is 9.59 Å². The Kier molecular flexibility index (Phi) is 10.1. The Hall–Kier alpha value is -3.93. The lowest BCUT2D eigenvalue weighted by atomic mass is 10.0. The number of unbranched alkanes of at least 4 members (excludes halogenated alkanes) is 1. The number of hydrazone groups is 1. The number of esters is 1. The molecule has 3 aromatic rings. The number of carbonyl (C=O) groups is 2. The van der Waals surface area contributed by atoms with Gasteiger partial charge in [-0.05, 0) is 54.0 Å². The molecular weight excluding hydrogens is 438 g/mol. The van der Waals surface area contributed by atoms with E-state index in [1.807, 2.05) is 66.7 Å². The van der Waals surface area contributed by atoms with Gasteiger partial charge in [-0.3, -0.25) is 4.79 Å². The first-order valence-corrected chi connectivity index (χ1v) is 12.0. The Morgan fingerprint density at radius 2 is 1.57 bits per heavy atom. The van der Waals surface area contributed by atoms with Crippen molar-refractivity contribution >= 4 is 18.1 Å². The minimum absolute atomic E-state index is 0.140. The molecule has 0 saturated carbocycles. The van der Waals surface area contributed by atoms with Crippen LogP contribution < -0.4 is 11.2 Å². The largest absolute Gasteiger partial charge is 0.464 e. The summed E-state index contributed by atoms with van der Waals surface area (Å²) in [6.45, 7) is 2.04. The number of hydrogen-bond donors (Lipinski definition) is 2. The maximum atomic E-state index is 12.6. The molecule has 6 nitrogen and oxygen atoms in total. The topological polar surface area (TPSA) is 93.8 Å². The van der Waals surface area contributed by atoms with Crippen molar-refractivity contribution in [3.8, 4) is 11.1 Å². The monoisotopic (exact) mass is 471 g/mol. The highest BCUT2D eigenvalue weighted by molar-refractivity contribution is 5.84. The lowest BCUT2D eigenvalue weighted by Crippen LogP contribution is -2.43. The first-order valence-electron chi connectivity index (χ1n) is 12.0. The van der Waals surface area contributed by atoms with Crippen LogP contribution in [-0.2, 0) is 27.2 Å². The number of amides is 1. The second kappa shape index (κ2) is 13.7. The van der Waals surface area contributed by atoms with E-state index in [0.717, 1.165) is 41.5 Å². The number of rotatable bonds is 12. The zero-order valence-electron chi connectivity index (χ0n) is 20.2. The molecule has 0 radical (unpaired) electrons. The summed E-state index contributed by atoms with van der Waals surface area (Å²) in [5, 5.41) is 6.39. The fraction of sp³-hybridized carbons (Fsp3) is 0.276. The van der Waals surface area contributed by atoms with Crippen LogP contribution in [0.25, 0.3) is 11.1 Å². The van der Waals surface area contributed by atoms with Gasteiger partial charge < -0.3 is 15.9 Å². The molecule has 1 amide bonds. The zero-order chi connectivity index (χ0) is 24.9. The average Bonchev–Trinajstić information content (AvgIpc) is 2.88. The highest BCUT2D eigenvalue weighted by atomic mass is 16.5. The van der Waals surface area contributed by atoms with Crippen molar-refractivity contribution in [3.05, 3.63) is 95.6 Å². The van der Waals surface area contributed by atoms with Gasteiger partial charge in [-0.1, -0.05) is 78.9 Å². The van der Waals surface area contributed by atoms with Crippen LogP contribution in [0.1, 0.15) is 42.9 Å². The number of nitrogens with two attached hydrogens (primary N) is 1. The average molecular weight is 472 g/mol. The van der Waals surface area contributed by atoms with Gasteiger partial charge in [0.05, 0.1) is 12.8 Å². The molecule has 3 aromatic carbocycles. The molecule has 0 aliphatic heterocycles. The van der Waals surface area contributed by atoms with Crippen LogP contribution in [0, 0.1) is 0 Å². The van der Waals surface area contributed by atoms with Crippen LogP contribution in [0.4, 0.5) is 0 Å². The van der Waals surface area contributed by atoms with Crippen molar-refractivity contribution in [2.24, 2.45) is 10.9 Å². The molecule has 3 N–H and O–H groups in total. The summed E-state index contributed by atoms with van der Waals surface area (Å²) in [5.41, 5.74) is 5.35. The van der Waals surface area contributed by atoms with Gasteiger partial charge in [-0.15, -0.1) is 0 Å². The third-order valence-electron chi connectivity index (χ3n) is 5.73. The molecule has 1 atom stereocenters. The molecular formula is C29H33N3O3. The molecule has 35 heavy (non-hydrogen) atoms. The summed E-state index contributed by atoms with van der Waals surface area (Å²) in [6.07, 6.45) is 4.84. The van der Waals surface area contributed by atoms with Crippen LogP contribution in [-0.4, -0.2) is 30.7 Å². The summed E-state index contributed by atoms with van der Waals surface area (Å²) in [5.74, 6) is 4.62. The molecule has 0 aliphatic carbocycles. The maximum absolute atomic E-state index is 12.6. The first-order chi connectivity index (χ1) is 17.1. The van der Waals surface area contributed by atoms with Crippen molar-refractivity contribution in [2.75, 3.05) is 6.61 Å². The number of carbonyl (C=O) groups excluding carboxylic acids is 2. The second-order valence-electron chi connectivity index (χ2n) is 8.37. The predicted octanol–water partition coefficient (Wildman–Crippen LogP) is 4.65. The highest BCUT2D eigenvalue weighted by Crippen LogP contribution is 2.20. The summed E-state index contributed by atoms with van der Waals surface area (Å²) in [7, 11) is 0. The van der Waals surface area contributed by atoms with Crippen molar-refractivity contribution in [1.82, 2.24) is 5.32 Å². The molecule has 0 fully saturated rings. The van der Waals surface area contributed by atoms with E-state index < -0.39 is 12.0 Å². The van der Waals surface area contributed by atoms with Gasteiger partial charge in [-0.25, -0.2) is 4.79 Å². The number of hydrogen-bond acceptors (Lipinski definition) is 5. The van der Waals surface area contributed by atoms with Crippen LogP contribution in [0.15, 0.2) is 84.0 Å². The lowest BCUT2D eigenvalue weighted by molar-refractivity contribution is -0.147. The summed E-state index contributed by atoms with van der Waals surface area (Å²) in [6, 6.07) is 25.5. The quantitative estimate of drug-likeness (QED) is 0.132. The molecule has 0 aromatic heterocycles. The van der Waals surface area contributed by atoms with Crippen LogP contribution in [0.3, 0.4) is 0 Å². The molecule has 182 valence electrons. The minimum Gasteiger partial charge on any atom is -0.464 e. The molecule has 3 rings (SSSR count). The maximum Gasteiger partial charge on any atom is 0.328 e. The SMILES string of the molecule is CCOC(=O)C(Cc1ccc(-c2ccccc2)cc1)NC(=O)CCCCc1ccc(C=NN)cc1. The van der Waals surface area contributed by atoms with Gasteiger partial charge in [0.25, 0.3) is 0 Å². The fourth-order valence-electron chi connectivity index (χ4n) is 3.87. The molecule has 0 spiro atoms. The normalized spacial score (nSPS) is 11.8. The van der Waals surface area contributed by atoms with Gasteiger partial charge in [0.2, 0.25) is 5.91 Å². The van der Waals surface area contributed by atoms with Gasteiger partial charge in [-0.2, -0.15) is 5.10 Å². The highest BCUT2D eigenvalue weighted by Gasteiger charge is 2.22. The van der Waals surface area contributed by atoms with E-state index in [2.05, 4.69) is 22.6 Å². The molecule has 0 saturated heterocycles. The third-order valence-corrected chi connectivity index (χ3v) is 5.73. The molecule has 0 aliphatic rings. The predicted molar refractivity (Wildman–Crippen MR) is 140 cm³/mol. The Balaban J connectivity index is 1.50. The van der Waals surface area contributed by atoms with Gasteiger partial charge in [0, 0.05) is 12.8 Å². The van der Waals surface area contributed by atoms with Crippen molar-refractivity contribution in [1.29, 1.82) is 0 Å². The van der Waals surface area contributed by atoms with E-state index in [-0.39, 0.29) is 12.5 Å². The number of nitrogens with zero attached hydrogens (tertiary/aromatic N) is 1. The van der Waals surface area contributed by atoms with Gasteiger partial charge >= 0.3 is 5.97 Å². The van der Waals surface area contributed by atoms with Crippen molar-refractivity contribution in [2.45, 2.75) is 45.1 Å². The minimum atomic E-state index is -0.707. The summed E-state index contributed by atoms with van der Waals surface area (Å²) >= 11 is 0. The Morgan fingerprint density at radius 1 is 0.914 bits per heavy atom. The van der Waals surface area contributed by atoms with Gasteiger partial charge in [0.15, 0.2) is 0 Å². The van der Waals surface area contributed by atoms with E-state index >= 15 is 0 Å². The Labute approximate surface area is 207 Å². The van der Waals surface area contributed by atoms with E-state index in [4.69, 9.17) is 10.6 Å². The molecule has 6 heteroatoms. The number of aryl methyl sites for hydroxylation is 1. The third kappa shape index (κ3) is 8.41. The number of benzene rings is 3. The van der Waals surface area contributed by atoms with Crippen LogP contribution in [0.5, 0.6) is 0 Å². The standard InChI is InChI=1S/C29H33N3O3/c1-2-35-29(34)27(20-23-16-18-26(19-17-23)25-9-4-3-5-10-25)32-28(33)11-7-6-8-22-12-14-24(15-13-22)21-31-30/h3-5,9-10,12-19,21,27H,2,6-8,11,20,30H2,1H3,(H,32,33). The lowest BCUT2D eigenvalue weighted by Gasteiger charge is -2.18. The molecule has 0 heterocycles. The summed E-state index contributed by atoms with van der Waals surface area (Å²) in [4.78, 5) is 25.1. The zero-order valence-corrected chi connectivity index (χ0v) is 20.2. The van der Waals surface area contributed by atoms with Crippen molar-refractivity contribution < 1.29 is 14.3 Å².